The van der Waals surface area contributed by atoms with Crippen LogP contribution in [0.4, 0.5) is 11.4 Å². The second kappa shape index (κ2) is 10.1. The Morgan fingerprint density at radius 1 is 1.23 bits per heavy atom. The summed E-state index contributed by atoms with van der Waals surface area (Å²) >= 11 is 0. The van der Waals surface area contributed by atoms with E-state index >= 15 is 0 Å². The van der Waals surface area contributed by atoms with E-state index in [0.29, 0.717) is 30.7 Å². The highest BCUT2D eigenvalue weighted by atomic mass is 16.1. The Labute approximate surface area is 183 Å². The number of nitrogens with one attached hydrogen (secondary N) is 2. The van der Waals surface area contributed by atoms with Gasteiger partial charge in [0, 0.05) is 18.4 Å². The highest BCUT2D eigenvalue weighted by molar-refractivity contribution is 6.38. The fraction of sp³-hybridized carbons (Fsp3) is 0.320. The van der Waals surface area contributed by atoms with Gasteiger partial charge in [-0.05, 0) is 78.1 Å². The van der Waals surface area contributed by atoms with Crippen LogP contribution in [0, 0.1) is 0 Å². The number of hydrogen-bond acceptors (Lipinski definition) is 4. The number of hydrogen-bond donors (Lipinski definition) is 3. The number of primary amides is 1. The smallest absolute Gasteiger partial charge is 0.262 e. The maximum atomic E-state index is 12.0. The topological polar surface area (TPSA) is 96.6 Å². The Kier molecular flexibility index (Phi) is 7.23. The number of rotatable bonds is 7. The minimum absolute atomic E-state index is 0.200. The van der Waals surface area contributed by atoms with E-state index in [1.54, 1.807) is 0 Å². The van der Waals surface area contributed by atoms with Crippen LogP contribution in [-0.4, -0.2) is 31.1 Å². The van der Waals surface area contributed by atoms with E-state index in [4.69, 9.17) is 10.7 Å². The van der Waals surface area contributed by atoms with E-state index in [2.05, 4.69) is 48.4 Å². The second-order valence-corrected chi connectivity index (χ2v) is 7.98. The molecule has 2 atom stereocenters. The third-order valence-electron chi connectivity index (χ3n) is 5.88. The zero-order chi connectivity index (χ0) is 22.4. The number of aryl methyl sites for hydroxylation is 1. The SMILES string of the molecule is C=C1c2cc(NC=O)ccc2CCCC(C(N)=O)=NC1CC(C)c1ccc(NC)cc1. The molecule has 6 heteroatoms. The molecule has 31 heavy (non-hydrogen) atoms. The van der Waals surface area contributed by atoms with Gasteiger partial charge in [-0.1, -0.05) is 31.7 Å². The molecule has 0 spiro atoms. The van der Waals surface area contributed by atoms with Gasteiger partial charge < -0.3 is 16.4 Å². The molecule has 2 aromatic rings. The lowest BCUT2D eigenvalue weighted by Gasteiger charge is -2.23. The fourth-order valence-corrected chi connectivity index (χ4v) is 4.04. The summed E-state index contributed by atoms with van der Waals surface area (Å²) in [6, 6.07) is 13.9. The molecule has 0 aliphatic carbocycles. The van der Waals surface area contributed by atoms with Gasteiger partial charge in [-0.25, -0.2) is 0 Å². The van der Waals surface area contributed by atoms with Crippen LogP contribution in [0.25, 0.3) is 5.57 Å². The van der Waals surface area contributed by atoms with Crippen LogP contribution < -0.4 is 16.4 Å². The number of carbonyl (C=O) groups is 2. The van der Waals surface area contributed by atoms with Gasteiger partial charge >= 0.3 is 0 Å². The molecule has 1 aliphatic heterocycles. The van der Waals surface area contributed by atoms with Crippen LogP contribution in [0.15, 0.2) is 54.0 Å². The summed E-state index contributed by atoms with van der Waals surface area (Å²) in [5.74, 6) is -0.274. The number of carbonyl (C=O) groups excluding carboxylic acids is 2. The third-order valence-corrected chi connectivity index (χ3v) is 5.88. The molecule has 0 fully saturated rings. The number of amides is 2. The van der Waals surface area contributed by atoms with E-state index in [0.717, 1.165) is 35.2 Å². The van der Waals surface area contributed by atoms with Gasteiger partial charge in [0.15, 0.2) is 0 Å². The standard InChI is InChI=1S/C25H30N4O2/c1-16(18-7-10-20(27-3)11-8-18)13-24-17(2)22-14-21(28-15-30)12-9-19(22)5-4-6-23(29-24)25(26)31/h7-12,14-16,24,27H,2,4-6,13H2,1,3H3,(H2,26,31)(H,28,30). The van der Waals surface area contributed by atoms with Crippen molar-refractivity contribution in [1.29, 1.82) is 0 Å². The lowest BCUT2D eigenvalue weighted by atomic mass is 9.86. The Morgan fingerprint density at radius 3 is 2.58 bits per heavy atom. The summed E-state index contributed by atoms with van der Waals surface area (Å²) in [5, 5.41) is 5.84. The highest BCUT2D eigenvalue weighted by Crippen LogP contribution is 2.34. The molecule has 0 aromatic heterocycles. The highest BCUT2D eigenvalue weighted by Gasteiger charge is 2.23. The van der Waals surface area contributed by atoms with Gasteiger partial charge in [-0.3, -0.25) is 14.6 Å². The molecular weight excluding hydrogens is 388 g/mol. The number of nitrogens with zero attached hydrogens (tertiary/aromatic N) is 1. The summed E-state index contributed by atoms with van der Waals surface area (Å²) in [6.07, 6.45) is 3.46. The van der Waals surface area contributed by atoms with Gasteiger partial charge in [0.2, 0.25) is 6.41 Å². The van der Waals surface area contributed by atoms with Gasteiger partial charge in [-0.2, -0.15) is 0 Å². The molecule has 0 radical (unpaired) electrons. The molecule has 2 amide bonds. The minimum Gasteiger partial charge on any atom is -0.388 e. The summed E-state index contributed by atoms with van der Waals surface area (Å²) in [7, 11) is 1.89. The number of nitrogens with two attached hydrogens (primary N) is 1. The van der Waals surface area contributed by atoms with Crippen LogP contribution in [0.1, 0.15) is 48.8 Å². The summed E-state index contributed by atoms with van der Waals surface area (Å²) in [4.78, 5) is 27.7. The van der Waals surface area contributed by atoms with Crippen molar-refractivity contribution in [2.45, 2.75) is 44.6 Å². The molecular formula is C25H30N4O2. The number of fused-ring (bicyclic) bond motifs is 1. The summed E-state index contributed by atoms with van der Waals surface area (Å²) in [5.41, 5.74) is 12.0. The summed E-state index contributed by atoms with van der Waals surface area (Å²) < 4.78 is 0. The molecule has 0 saturated carbocycles. The molecule has 1 heterocycles. The van der Waals surface area contributed by atoms with Gasteiger partial charge in [0.25, 0.3) is 5.91 Å². The number of aliphatic imine (C=N–C) groups is 1. The second-order valence-electron chi connectivity index (χ2n) is 7.98. The number of anilines is 2. The van der Waals surface area contributed by atoms with Crippen molar-refractivity contribution < 1.29 is 9.59 Å². The van der Waals surface area contributed by atoms with Crippen molar-refractivity contribution in [3.8, 4) is 0 Å². The monoisotopic (exact) mass is 418 g/mol. The van der Waals surface area contributed by atoms with Gasteiger partial charge in [-0.15, -0.1) is 0 Å². The molecule has 6 nitrogen and oxygen atoms in total. The van der Waals surface area contributed by atoms with Crippen molar-refractivity contribution in [3.63, 3.8) is 0 Å². The first-order valence-electron chi connectivity index (χ1n) is 10.6. The molecule has 2 unspecified atom stereocenters. The van der Waals surface area contributed by atoms with E-state index in [1.807, 2.05) is 25.2 Å². The fourth-order valence-electron chi connectivity index (χ4n) is 4.04. The van der Waals surface area contributed by atoms with Crippen LogP contribution >= 0.6 is 0 Å². The first-order valence-corrected chi connectivity index (χ1v) is 10.6. The van der Waals surface area contributed by atoms with E-state index in [1.165, 1.54) is 5.56 Å². The van der Waals surface area contributed by atoms with Crippen LogP contribution in [0.5, 0.6) is 0 Å². The van der Waals surface area contributed by atoms with Crippen molar-refractivity contribution in [2.24, 2.45) is 10.7 Å². The van der Waals surface area contributed by atoms with Gasteiger partial charge in [0.05, 0.1) is 11.8 Å². The maximum absolute atomic E-state index is 12.0. The molecule has 162 valence electrons. The van der Waals surface area contributed by atoms with E-state index < -0.39 is 5.91 Å². The first-order chi connectivity index (χ1) is 14.9. The van der Waals surface area contributed by atoms with Crippen LogP contribution in [0.2, 0.25) is 0 Å². The maximum Gasteiger partial charge on any atom is 0.262 e. The van der Waals surface area contributed by atoms with Crippen LogP contribution in [-0.2, 0) is 16.0 Å². The summed E-state index contributed by atoms with van der Waals surface area (Å²) in [6.45, 7) is 6.52. The quantitative estimate of drug-likeness (QED) is 0.590. The Bertz CT molecular complexity index is 995. The van der Waals surface area contributed by atoms with Crippen LogP contribution in [0.3, 0.4) is 0 Å². The Hall–Kier alpha value is -3.41. The van der Waals surface area contributed by atoms with Crippen molar-refractivity contribution in [3.05, 3.63) is 65.7 Å². The van der Waals surface area contributed by atoms with Gasteiger partial charge in [0.1, 0.15) is 0 Å². The molecule has 1 aliphatic rings. The lowest BCUT2D eigenvalue weighted by Crippen LogP contribution is -2.25. The first kappa shape index (κ1) is 22.3. The lowest BCUT2D eigenvalue weighted by molar-refractivity contribution is -0.112. The van der Waals surface area contributed by atoms with Crippen molar-refractivity contribution in [2.75, 3.05) is 17.7 Å². The van der Waals surface area contributed by atoms with Crippen molar-refractivity contribution >= 4 is 35.0 Å². The van der Waals surface area contributed by atoms with Crippen molar-refractivity contribution in [1.82, 2.24) is 0 Å². The number of benzene rings is 2. The molecule has 0 bridgehead atoms. The Morgan fingerprint density at radius 2 is 1.94 bits per heavy atom. The average Bonchev–Trinajstić information content (AvgIpc) is 2.83. The minimum atomic E-state index is -0.474. The Balaban J connectivity index is 1.97. The van der Waals surface area contributed by atoms with E-state index in [-0.39, 0.29) is 12.0 Å². The predicted octanol–water partition coefficient (Wildman–Crippen LogP) is 4.13. The molecule has 4 N–H and O–H groups in total. The molecule has 0 saturated heterocycles. The zero-order valence-corrected chi connectivity index (χ0v) is 18.2. The van der Waals surface area contributed by atoms with E-state index in [9.17, 15) is 9.59 Å². The largest absolute Gasteiger partial charge is 0.388 e. The third kappa shape index (κ3) is 5.40. The predicted molar refractivity (Wildman–Crippen MR) is 128 cm³/mol. The molecule has 2 aromatic carbocycles. The molecule has 3 rings (SSSR count). The normalized spacial score (nSPS) is 17.3. The zero-order valence-electron chi connectivity index (χ0n) is 18.2. The average molecular weight is 419 g/mol.